The summed E-state index contributed by atoms with van der Waals surface area (Å²) in [5.41, 5.74) is 0.837. The Bertz CT molecular complexity index is 720. The van der Waals surface area contributed by atoms with Crippen LogP contribution in [-0.4, -0.2) is 30.1 Å². The molecule has 0 spiro atoms. The summed E-state index contributed by atoms with van der Waals surface area (Å²) in [4.78, 5) is 24.2. The fourth-order valence-corrected chi connectivity index (χ4v) is 3.36. The van der Waals surface area contributed by atoms with Crippen LogP contribution in [0.1, 0.15) is 29.1 Å². The molecule has 118 valence electrons. The maximum atomic E-state index is 12.4. The van der Waals surface area contributed by atoms with E-state index < -0.39 is 12.0 Å². The Balaban J connectivity index is 2.36. The zero-order chi connectivity index (χ0) is 16.4. The molecule has 0 aliphatic heterocycles. The second kappa shape index (κ2) is 6.36. The van der Waals surface area contributed by atoms with E-state index in [1.165, 1.54) is 11.3 Å². The number of fused-ring (bicyclic) bond motifs is 1. The maximum Gasteiger partial charge on any atom is 0.326 e. The number of aryl methyl sites for hydroxylation is 1. The predicted molar refractivity (Wildman–Crippen MR) is 86.8 cm³/mol. The number of rotatable bonds is 5. The monoisotopic (exact) mass is 321 g/mol. The highest BCUT2D eigenvalue weighted by Crippen LogP contribution is 2.33. The number of hydrogen-bond acceptors (Lipinski definition) is 4. The number of aliphatic carboxylic acids is 1. The molecule has 0 aliphatic carbocycles. The van der Waals surface area contributed by atoms with Gasteiger partial charge in [-0.1, -0.05) is 13.8 Å². The van der Waals surface area contributed by atoms with E-state index in [1.54, 1.807) is 21.0 Å². The minimum atomic E-state index is -1.02. The number of benzene rings is 1. The molecule has 0 unspecified atom stereocenters. The maximum absolute atomic E-state index is 12.4. The van der Waals surface area contributed by atoms with Crippen LogP contribution in [0.15, 0.2) is 18.2 Å². The van der Waals surface area contributed by atoms with Crippen molar-refractivity contribution in [2.75, 3.05) is 7.11 Å². The van der Waals surface area contributed by atoms with Gasteiger partial charge in [-0.05, 0) is 42.0 Å². The molecule has 0 aliphatic rings. The minimum absolute atomic E-state index is 0.184. The number of thiophene rings is 1. The normalized spacial score (nSPS) is 12.4. The predicted octanol–water partition coefficient (Wildman–Crippen LogP) is 3.06. The molecule has 0 saturated heterocycles. The number of carbonyl (C=O) groups excluding carboxylic acids is 1. The molecule has 2 N–H and O–H groups in total. The van der Waals surface area contributed by atoms with Crippen LogP contribution in [0.5, 0.6) is 5.75 Å². The Morgan fingerprint density at radius 2 is 2.00 bits per heavy atom. The number of methoxy groups -OCH3 is 1. The second-order valence-corrected chi connectivity index (χ2v) is 6.50. The van der Waals surface area contributed by atoms with Gasteiger partial charge >= 0.3 is 5.97 Å². The summed E-state index contributed by atoms with van der Waals surface area (Å²) in [6, 6.07) is 4.73. The summed E-state index contributed by atoms with van der Waals surface area (Å²) in [6.07, 6.45) is 0. The summed E-state index contributed by atoms with van der Waals surface area (Å²) in [5.74, 6) is -0.829. The van der Waals surface area contributed by atoms with Crippen LogP contribution in [0.25, 0.3) is 10.1 Å². The summed E-state index contributed by atoms with van der Waals surface area (Å²) in [6.45, 7) is 5.39. The van der Waals surface area contributed by atoms with Gasteiger partial charge in [0, 0.05) is 4.70 Å². The third kappa shape index (κ3) is 3.06. The Morgan fingerprint density at radius 1 is 1.32 bits per heavy atom. The highest BCUT2D eigenvalue weighted by molar-refractivity contribution is 7.21. The first-order chi connectivity index (χ1) is 10.3. The number of ether oxygens (including phenoxy) is 1. The molecule has 1 aromatic heterocycles. The van der Waals surface area contributed by atoms with Crippen LogP contribution in [0.2, 0.25) is 0 Å². The van der Waals surface area contributed by atoms with Crippen LogP contribution in [0.3, 0.4) is 0 Å². The van der Waals surface area contributed by atoms with E-state index in [0.717, 1.165) is 21.4 Å². The van der Waals surface area contributed by atoms with Gasteiger partial charge in [0.1, 0.15) is 11.8 Å². The van der Waals surface area contributed by atoms with E-state index in [9.17, 15) is 14.7 Å². The highest BCUT2D eigenvalue weighted by Gasteiger charge is 2.25. The molecule has 1 heterocycles. The van der Waals surface area contributed by atoms with E-state index in [0.29, 0.717) is 4.88 Å². The molecular formula is C16H19NO4S. The van der Waals surface area contributed by atoms with E-state index >= 15 is 0 Å². The molecule has 2 aromatic rings. The Labute approximate surface area is 132 Å². The highest BCUT2D eigenvalue weighted by atomic mass is 32.1. The van der Waals surface area contributed by atoms with Crippen LogP contribution >= 0.6 is 11.3 Å². The standard InChI is InChI=1S/C16H19NO4S/c1-8(2)13(16(19)20)17-15(18)14-9(3)11-7-10(21-4)5-6-12(11)22-14/h5-8,13H,1-4H3,(H,17,18)(H,19,20)/t13-/m1/s1. The van der Waals surface area contributed by atoms with E-state index in [2.05, 4.69) is 5.32 Å². The van der Waals surface area contributed by atoms with Crippen molar-refractivity contribution < 1.29 is 19.4 Å². The van der Waals surface area contributed by atoms with Crippen LogP contribution < -0.4 is 10.1 Å². The number of carboxylic acids is 1. The third-order valence-corrected chi connectivity index (χ3v) is 4.84. The van der Waals surface area contributed by atoms with Gasteiger partial charge in [-0.25, -0.2) is 4.79 Å². The van der Waals surface area contributed by atoms with Gasteiger partial charge in [-0.15, -0.1) is 11.3 Å². The van der Waals surface area contributed by atoms with E-state index in [4.69, 9.17) is 4.74 Å². The molecule has 1 amide bonds. The summed E-state index contributed by atoms with van der Waals surface area (Å²) < 4.78 is 6.17. The fraction of sp³-hybridized carbons (Fsp3) is 0.375. The van der Waals surface area contributed by atoms with Gasteiger partial charge in [-0.3, -0.25) is 4.79 Å². The molecular weight excluding hydrogens is 302 g/mol. The smallest absolute Gasteiger partial charge is 0.326 e. The number of nitrogens with one attached hydrogen (secondary N) is 1. The van der Waals surface area contributed by atoms with Crippen molar-refractivity contribution in [3.63, 3.8) is 0 Å². The van der Waals surface area contributed by atoms with Crippen molar-refractivity contribution in [2.45, 2.75) is 26.8 Å². The zero-order valence-corrected chi connectivity index (χ0v) is 13.8. The van der Waals surface area contributed by atoms with Gasteiger partial charge in [0.25, 0.3) is 5.91 Å². The first kappa shape index (κ1) is 16.3. The SMILES string of the molecule is COc1ccc2sc(C(=O)N[C@@H](C(=O)O)C(C)C)c(C)c2c1. The molecule has 0 bridgehead atoms. The molecule has 5 nitrogen and oxygen atoms in total. The first-order valence-corrected chi connectivity index (χ1v) is 7.77. The van der Waals surface area contributed by atoms with Crippen molar-refractivity contribution in [2.24, 2.45) is 5.92 Å². The molecule has 6 heteroatoms. The minimum Gasteiger partial charge on any atom is -0.497 e. The van der Waals surface area contributed by atoms with Crippen molar-refractivity contribution in [1.29, 1.82) is 0 Å². The van der Waals surface area contributed by atoms with Crippen molar-refractivity contribution in [1.82, 2.24) is 5.32 Å². The zero-order valence-electron chi connectivity index (χ0n) is 13.0. The van der Waals surface area contributed by atoms with E-state index in [-0.39, 0.29) is 11.8 Å². The number of carbonyl (C=O) groups is 2. The molecule has 0 saturated carbocycles. The lowest BCUT2D eigenvalue weighted by Gasteiger charge is -2.17. The fourth-order valence-electron chi connectivity index (χ4n) is 2.26. The quantitative estimate of drug-likeness (QED) is 0.887. The Kier molecular flexibility index (Phi) is 4.71. The lowest BCUT2D eigenvalue weighted by Crippen LogP contribution is -2.44. The van der Waals surface area contributed by atoms with Crippen molar-refractivity contribution >= 4 is 33.3 Å². The average molecular weight is 321 g/mol. The lowest BCUT2D eigenvalue weighted by molar-refractivity contribution is -0.140. The molecule has 2 rings (SSSR count). The van der Waals surface area contributed by atoms with Crippen LogP contribution in [0.4, 0.5) is 0 Å². The topological polar surface area (TPSA) is 75.6 Å². The Morgan fingerprint density at radius 3 is 2.55 bits per heavy atom. The summed E-state index contributed by atoms with van der Waals surface area (Å²) >= 11 is 1.36. The van der Waals surface area contributed by atoms with Gasteiger partial charge < -0.3 is 15.2 Å². The second-order valence-electron chi connectivity index (χ2n) is 5.45. The summed E-state index contributed by atoms with van der Waals surface area (Å²) in [5, 5.41) is 12.7. The number of amides is 1. The molecule has 1 aromatic carbocycles. The molecule has 0 radical (unpaired) electrons. The van der Waals surface area contributed by atoms with Crippen LogP contribution in [0, 0.1) is 12.8 Å². The van der Waals surface area contributed by atoms with Crippen molar-refractivity contribution in [3.05, 3.63) is 28.6 Å². The van der Waals surface area contributed by atoms with Gasteiger partial charge in [0.2, 0.25) is 0 Å². The van der Waals surface area contributed by atoms with Crippen LogP contribution in [-0.2, 0) is 4.79 Å². The van der Waals surface area contributed by atoms with Gasteiger partial charge in [0.15, 0.2) is 0 Å². The molecule has 1 atom stereocenters. The van der Waals surface area contributed by atoms with Gasteiger partial charge in [0.05, 0.1) is 12.0 Å². The number of carboxylic acid groups (broad SMARTS) is 1. The molecule has 0 fully saturated rings. The van der Waals surface area contributed by atoms with Crippen molar-refractivity contribution in [3.8, 4) is 5.75 Å². The lowest BCUT2D eigenvalue weighted by atomic mass is 10.0. The average Bonchev–Trinajstić information content (AvgIpc) is 2.80. The largest absolute Gasteiger partial charge is 0.497 e. The van der Waals surface area contributed by atoms with E-state index in [1.807, 2.05) is 25.1 Å². The molecule has 22 heavy (non-hydrogen) atoms. The Hall–Kier alpha value is -2.08. The number of hydrogen-bond donors (Lipinski definition) is 2. The van der Waals surface area contributed by atoms with Gasteiger partial charge in [-0.2, -0.15) is 0 Å². The first-order valence-electron chi connectivity index (χ1n) is 6.96. The summed E-state index contributed by atoms with van der Waals surface area (Å²) in [7, 11) is 1.59. The third-order valence-electron chi connectivity index (χ3n) is 3.57.